The summed E-state index contributed by atoms with van der Waals surface area (Å²) in [5.41, 5.74) is 5.15. The van der Waals surface area contributed by atoms with E-state index in [0.29, 0.717) is 6.54 Å². The van der Waals surface area contributed by atoms with Gasteiger partial charge in [0.05, 0.1) is 12.3 Å². The molecule has 0 bridgehead atoms. The van der Waals surface area contributed by atoms with Gasteiger partial charge in [-0.15, -0.1) is 0 Å². The van der Waals surface area contributed by atoms with Gasteiger partial charge in [-0.3, -0.25) is 15.0 Å². The van der Waals surface area contributed by atoms with Crippen LogP contribution in [0.25, 0.3) is 0 Å². The van der Waals surface area contributed by atoms with Gasteiger partial charge in [0.1, 0.15) is 0 Å². The van der Waals surface area contributed by atoms with Crippen LogP contribution in [-0.2, 0) is 9.59 Å². The minimum Gasteiger partial charge on any atom is -0.379 e. The molecule has 0 aromatic carbocycles. The number of thioether (sulfide) groups is 1. The van der Waals surface area contributed by atoms with Gasteiger partial charge in [0.15, 0.2) is 5.17 Å². The fraction of sp³-hybridized carbons (Fsp3) is 0.700. The molecule has 7 heteroatoms. The van der Waals surface area contributed by atoms with Crippen LogP contribution in [0.4, 0.5) is 0 Å². The first-order valence-corrected chi connectivity index (χ1v) is 6.39. The molecule has 0 rings (SSSR count). The predicted octanol–water partition coefficient (Wildman–Crippen LogP) is -0.0138. The monoisotopic (exact) mass is 260 g/mol. The van der Waals surface area contributed by atoms with E-state index >= 15 is 0 Å². The van der Waals surface area contributed by atoms with Crippen molar-refractivity contribution in [1.29, 1.82) is 5.41 Å². The summed E-state index contributed by atoms with van der Waals surface area (Å²) in [5.74, 6) is -0.271. The summed E-state index contributed by atoms with van der Waals surface area (Å²) in [6.45, 7) is 6.04. The highest BCUT2D eigenvalue weighted by Gasteiger charge is 2.16. The maximum absolute atomic E-state index is 11.7. The van der Waals surface area contributed by atoms with Gasteiger partial charge in [0, 0.05) is 12.6 Å². The minimum atomic E-state index is -0.188. The van der Waals surface area contributed by atoms with Gasteiger partial charge in [-0.25, -0.2) is 0 Å². The van der Waals surface area contributed by atoms with Gasteiger partial charge in [-0.1, -0.05) is 11.8 Å². The largest absolute Gasteiger partial charge is 0.379 e. The van der Waals surface area contributed by atoms with Gasteiger partial charge < -0.3 is 16.0 Å². The summed E-state index contributed by atoms with van der Waals surface area (Å²) < 4.78 is 0. The molecule has 0 aromatic rings. The number of carbonyl (C=O) groups is 2. The van der Waals surface area contributed by atoms with Crippen molar-refractivity contribution in [3.05, 3.63) is 0 Å². The summed E-state index contributed by atoms with van der Waals surface area (Å²) in [6, 6.07) is 0.0582. The molecular formula is C10H20N4O2S. The van der Waals surface area contributed by atoms with Crippen LogP contribution in [-0.4, -0.2) is 46.8 Å². The standard InChI is InChI=1S/C10H20N4O2S/c1-4-14(5-8(15)13-7(2)3)9(16)6-17-10(11)12/h7H,4-6H2,1-3H3,(H3,11,12)(H,13,15). The lowest BCUT2D eigenvalue weighted by atomic mass is 10.3. The second-order valence-electron chi connectivity index (χ2n) is 3.78. The van der Waals surface area contributed by atoms with Gasteiger partial charge in [-0.05, 0) is 20.8 Å². The second kappa shape index (κ2) is 7.94. The van der Waals surface area contributed by atoms with Crippen LogP contribution in [0.15, 0.2) is 0 Å². The lowest BCUT2D eigenvalue weighted by Crippen LogP contribution is -2.43. The third-order valence-electron chi connectivity index (χ3n) is 1.87. The lowest BCUT2D eigenvalue weighted by Gasteiger charge is -2.20. The number of hydrogen-bond donors (Lipinski definition) is 3. The van der Waals surface area contributed by atoms with E-state index in [-0.39, 0.29) is 35.3 Å². The SMILES string of the molecule is CCN(CC(=O)NC(C)C)C(=O)CSC(=N)N. The predicted molar refractivity (Wildman–Crippen MR) is 69.9 cm³/mol. The molecule has 0 aliphatic carbocycles. The molecule has 0 aliphatic rings. The highest BCUT2D eigenvalue weighted by Crippen LogP contribution is 2.01. The summed E-state index contributed by atoms with van der Waals surface area (Å²) in [7, 11) is 0. The molecule has 0 saturated heterocycles. The zero-order chi connectivity index (χ0) is 13.4. The summed E-state index contributed by atoms with van der Waals surface area (Å²) >= 11 is 0.962. The summed E-state index contributed by atoms with van der Waals surface area (Å²) in [4.78, 5) is 24.6. The number of rotatable bonds is 6. The molecule has 0 aromatic heterocycles. The zero-order valence-corrected chi connectivity index (χ0v) is 11.3. The van der Waals surface area contributed by atoms with Crippen molar-refractivity contribution in [3.8, 4) is 0 Å². The highest BCUT2D eigenvalue weighted by atomic mass is 32.2. The maximum Gasteiger partial charge on any atom is 0.239 e. The average molecular weight is 260 g/mol. The van der Waals surface area contributed by atoms with Crippen molar-refractivity contribution in [1.82, 2.24) is 10.2 Å². The Hall–Kier alpha value is -1.24. The molecule has 2 amide bonds. The van der Waals surface area contributed by atoms with Gasteiger partial charge in [0.2, 0.25) is 11.8 Å². The number of likely N-dealkylation sites (N-methyl/N-ethyl adjacent to an activating group) is 1. The van der Waals surface area contributed by atoms with Crippen molar-refractivity contribution >= 4 is 28.7 Å². The lowest BCUT2D eigenvalue weighted by molar-refractivity contribution is -0.134. The van der Waals surface area contributed by atoms with Gasteiger partial charge >= 0.3 is 0 Å². The number of carbonyl (C=O) groups excluding carboxylic acids is 2. The molecule has 6 nitrogen and oxygen atoms in total. The first kappa shape index (κ1) is 15.8. The van der Waals surface area contributed by atoms with Crippen LogP contribution in [0.5, 0.6) is 0 Å². The minimum absolute atomic E-state index is 0.0476. The van der Waals surface area contributed by atoms with E-state index < -0.39 is 0 Å². The number of nitrogens with zero attached hydrogens (tertiary/aromatic N) is 1. The van der Waals surface area contributed by atoms with E-state index in [0.717, 1.165) is 11.8 Å². The van der Waals surface area contributed by atoms with E-state index in [1.807, 2.05) is 13.8 Å². The molecule has 98 valence electrons. The van der Waals surface area contributed by atoms with E-state index in [1.165, 1.54) is 4.90 Å². The molecule has 0 saturated carbocycles. The molecule has 17 heavy (non-hydrogen) atoms. The van der Waals surface area contributed by atoms with Crippen LogP contribution < -0.4 is 11.1 Å². The second-order valence-corrected chi connectivity index (χ2v) is 4.80. The molecule has 0 radical (unpaired) electrons. The fourth-order valence-corrected chi connectivity index (χ4v) is 1.61. The molecule has 0 unspecified atom stereocenters. The normalized spacial score (nSPS) is 10.1. The molecule has 4 N–H and O–H groups in total. The van der Waals surface area contributed by atoms with Crippen molar-refractivity contribution in [2.45, 2.75) is 26.8 Å². The van der Waals surface area contributed by atoms with Crippen LogP contribution in [0.2, 0.25) is 0 Å². The number of amidine groups is 1. The van der Waals surface area contributed by atoms with Crippen LogP contribution in [0, 0.1) is 5.41 Å². The molecular weight excluding hydrogens is 240 g/mol. The van der Waals surface area contributed by atoms with E-state index in [1.54, 1.807) is 6.92 Å². The zero-order valence-electron chi connectivity index (χ0n) is 10.4. The average Bonchev–Trinajstić information content (AvgIpc) is 2.21. The smallest absolute Gasteiger partial charge is 0.239 e. The van der Waals surface area contributed by atoms with Crippen molar-refractivity contribution in [2.75, 3.05) is 18.8 Å². The fourth-order valence-electron chi connectivity index (χ4n) is 1.15. The Kier molecular flexibility index (Phi) is 7.36. The van der Waals surface area contributed by atoms with Crippen molar-refractivity contribution < 1.29 is 9.59 Å². The number of nitrogens with two attached hydrogens (primary N) is 1. The Morgan fingerprint density at radius 3 is 2.47 bits per heavy atom. The first-order valence-electron chi connectivity index (χ1n) is 5.40. The molecule has 0 fully saturated rings. The number of amides is 2. The topological polar surface area (TPSA) is 99.3 Å². The Morgan fingerprint density at radius 2 is 2.06 bits per heavy atom. The maximum atomic E-state index is 11.7. The van der Waals surface area contributed by atoms with Crippen molar-refractivity contribution in [3.63, 3.8) is 0 Å². The Labute approximate surface area is 106 Å². The van der Waals surface area contributed by atoms with Crippen LogP contribution in [0.3, 0.4) is 0 Å². The Balaban J connectivity index is 4.17. The van der Waals surface area contributed by atoms with E-state index in [2.05, 4.69) is 5.32 Å². The molecule has 0 atom stereocenters. The van der Waals surface area contributed by atoms with Gasteiger partial charge in [0.25, 0.3) is 0 Å². The number of hydrogen-bond acceptors (Lipinski definition) is 4. The van der Waals surface area contributed by atoms with Gasteiger partial charge in [-0.2, -0.15) is 0 Å². The molecule has 0 spiro atoms. The Morgan fingerprint density at radius 1 is 1.47 bits per heavy atom. The Bertz CT molecular complexity index is 294. The quantitative estimate of drug-likeness (QED) is 0.462. The van der Waals surface area contributed by atoms with Crippen molar-refractivity contribution in [2.24, 2.45) is 5.73 Å². The molecule has 0 heterocycles. The third kappa shape index (κ3) is 7.62. The van der Waals surface area contributed by atoms with E-state index in [9.17, 15) is 9.59 Å². The first-order chi connectivity index (χ1) is 7.86. The summed E-state index contributed by atoms with van der Waals surface area (Å²) in [5, 5.41) is 9.63. The third-order valence-corrected chi connectivity index (χ3v) is 2.57. The molecule has 0 aliphatic heterocycles. The number of nitrogens with one attached hydrogen (secondary N) is 2. The highest BCUT2D eigenvalue weighted by molar-refractivity contribution is 8.14. The van der Waals surface area contributed by atoms with Crippen LogP contribution in [0.1, 0.15) is 20.8 Å². The van der Waals surface area contributed by atoms with Crippen LogP contribution >= 0.6 is 11.8 Å². The van der Waals surface area contributed by atoms with E-state index in [4.69, 9.17) is 11.1 Å². The summed E-state index contributed by atoms with van der Waals surface area (Å²) in [6.07, 6.45) is 0.